The number of aliphatic hydroxyl groups is 1. The molecular weight excluding hydrogens is 313 g/mol. The number of benzene rings is 1. The van der Waals surface area contributed by atoms with Crippen molar-refractivity contribution in [1.82, 2.24) is 15.5 Å². The van der Waals surface area contributed by atoms with Crippen LogP contribution in [0.1, 0.15) is 5.69 Å². The lowest BCUT2D eigenvalue weighted by Crippen LogP contribution is -2.31. The molecule has 2 aromatic rings. The van der Waals surface area contributed by atoms with Crippen molar-refractivity contribution in [3.63, 3.8) is 0 Å². The van der Waals surface area contributed by atoms with Gasteiger partial charge >= 0.3 is 0 Å². The average molecular weight is 328 g/mol. The summed E-state index contributed by atoms with van der Waals surface area (Å²) in [7, 11) is 0. The van der Waals surface area contributed by atoms with Crippen LogP contribution in [0.4, 0.5) is 0 Å². The van der Waals surface area contributed by atoms with Crippen molar-refractivity contribution < 1.29 is 9.84 Å². The van der Waals surface area contributed by atoms with Gasteiger partial charge in [0, 0.05) is 19.3 Å². The lowest BCUT2D eigenvalue weighted by Gasteiger charge is -2.14. The molecule has 1 heterocycles. The highest BCUT2D eigenvalue weighted by molar-refractivity contribution is 6.37. The fourth-order valence-corrected chi connectivity index (χ4v) is 2.16. The molecule has 1 aromatic heterocycles. The summed E-state index contributed by atoms with van der Waals surface area (Å²) in [5.41, 5.74) is 0.805. The molecule has 0 saturated heterocycles. The van der Waals surface area contributed by atoms with Crippen molar-refractivity contribution in [2.24, 2.45) is 0 Å². The Balaban J connectivity index is 1.74. The molecule has 0 bridgehead atoms. The number of aliphatic hydroxyl groups excluding tert-OH is 1. The predicted molar refractivity (Wildman–Crippen MR) is 81.7 cm³/mol. The maximum Gasteiger partial charge on any atom is 0.156 e. The topological polar surface area (TPSA) is 67.3 Å². The number of hydrogen-bond donors (Lipinski definition) is 2. The Kier molecular flexibility index (Phi) is 6.20. The first-order valence-electron chi connectivity index (χ1n) is 6.39. The highest BCUT2D eigenvalue weighted by atomic mass is 35.5. The molecule has 2 rings (SSSR count). The molecule has 112 valence electrons. The van der Waals surface area contributed by atoms with Crippen LogP contribution in [0, 0.1) is 0 Å². The van der Waals surface area contributed by atoms with Crippen LogP contribution in [-0.4, -0.2) is 34.6 Å². The van der Waals surface area contributed by atoms with E-state index in [9.17, 15) is 5.11 Å². The third-order valence-electron chi connectivity index (χ3n) is 2.65. The van der Waals surface area contributed by atoms with Crippen molar-refractivity contribution in [1.29, 1.82) is 0 Å². The van der Waals surface area contributed by atoms with Crippen LogP contribution in [-0.2, 0) is 6.54 Å². The number of rotatable bonds is 7. The highest BCUT2D eigenvalue weighted by Crippen LogP contribution is 2.32. The Hall–Kier alpha value is -1.40. The number of ether oxygens (including phenoxy) is 1. The second-order valence-electron chi connectivity index (χ2n) is 4.36. The fraction of sp³-hybridized carbons (Fsp3) is 0.286. The Morgan fingerprint density at radius 3 is 2.62 bits per heavy atom. The first kappa shape index (κ1) is 16.0. The van der Waals surface area contributed by atoms with Gasteiger partial charge < -0.3 is 15.2 Å². The van der Waals surface area contributed by atoms with Crippen molar-refractivity contribution in [3.05, 3.63) is 52.3 Å². The zero-order chi connectivity index (χ0) is 15.1. The summed E-state index contributed by atoms with van der Waals surface area (Å²) in [6, 6.07) is 8.76. The maximum atomic E-state index is 9.86. The van der Waals surface area contributed by atoms with Gasteiger partial charge in [-0.1, -0.05) is 29.3 Å². The molecule has 5 nitrogen and oxygen atoms in total. The second-order valence-corrected chi connectivity index (χ2v) is 5.18. The Morgan fingerprint density at radius 2 is 1.95 bits per heavy atom. The molecule has 1 aromatic carbocycles. The second kappa shape index (κ2) is 8.14. The van der Waals surface area contributed by atoms with Crippen LogP contribution in [0.2, 0.25) is 10.0 Å². The van der Waals surface area contributed by atoms with Gasteiger partial charge in [-0.25, -0.2) is 0 Å². The molecule has 2 N–H and O–H groups in total. The first-order chi connectivity index (χ1) is 10.2. The minimum atomic E-state index is -0.686. The van der Waals surface area contributed by atoms with E-state index < -0.39 is 6.10 Å². The minimum Gasteiger partial charge on any atom is -0.488 e. The smallest absolute Gasteiger partial charge is 0.156 e. The van der Waals surface area contributed by atoms with E-state index in [4.69, 9.17) is 27.9 Å². The van der Waals surface area contributed by atoms with Gasteiger partial charge in [-0.3, -0.25) is 0 Å². The Morgan fingerprint density at radius 1 is 1.19 bits per heavy atom. The number of nitrogens with zero attached hydrogens (tertiary/aromatic N) is 2. The Bertz CT molecular complexity index is 549. The van der Waals surface area contributed by atoms with Gasteiger partial charge in [-0.05, 0) is 24.3 Å². The zero-order valence-electron chi connectivity index (χ0n) is 11.2. The van der Waals surface area contributed by atoms with Crippen molar-refractivity contribution in [2.75, 3.05) is 13.2 Å². The van der Waals surface area contributed by atoms with Gasteiger partial charge in [-0.15, -0.1) is 0 Å². The SMILES string of the molecule is OC(CNCc1cccnn1)COc1c(Cl)cccc1Cl. The van der Waals surface area contributed by atoms with Crippen LogP contribution in [0.5, 0.6) is 5.75 Å². The van der Waals surface area contributed by atoms with Crippen LogP contribution in [0.3, 0.4) is 0 Å². The molecule has 0 saturated carbocycles. The van der Waals surface area contributed by atoms with E-state index in [1.807, 2.05) is 12.1 Å². The summed E-state index contributed by atoms with van der Waals surface area (Å²) in [5, 5.41) is 21.5. The van der Waals surface area contributed by atoms with E-state index >= 15 is 0 Å². The molecule has 0 amide bonds. The number of nitrogens with one attached hydrogen (secondary N) is 1. The monoisotopic (exact) mass is 327 g/mol. The molecule has 0 aliphatic rings. The van der Waals surface area contributed by atoms with E-state index in [-0.39, 0.29) is 6.61 Å². The lowest BCUT2D eigenvalue weighted by molar-refractivity contribution is 0.106. The third-order valence-corrected chi connectivity index (χ3v) is 3.25. The summed E-state index contributed by atoms with van der Waals surface area (Å²) < 4.78 is 5.45. The van der Waals surface area contributed by atoms with Crippen LogP contribution in [0.25, 0.3) is 0 Å². The normalized spacial score (nSPS) is 12.1. The third kappa shape index (κ3) is 5.13. The minimum absolute atomic E-state index is 0.0942. The van der Waals surface area contributed by atoms with E-state index in [0.717, 1.165) is 5.69 Å². The molecule has 21 heavy (non-hydrogen) atoms. The largest absolute Gasteiger partial charge is 0.488 e. The van der Waals surface area contributed by atoms with Crippen molar-refractivity contribution in [3.8, 4) is 5.75 Å². The van der Waals surface area contributed by atoms with E-state index in [0.29, 0.717) is 28.9 Å². The zero-order valence-corrected chi connectivity index (χ0v) is 12.7. The summed E-state index contributed by atoms with van der Waals surface area (Å²) in [6.45, 7) is 0.979. The average Bonchev–Trinajstić information content (AvgIpc) is 2.48. The molecule has 0 radical (unpaired) electrons. The summed E-state index contributed by atoms with van der Waals surface area (Å²) in [6.07, 6.45) is 0.925. The van der Waals surface area contributed by atoms with Crippen LogP contribution < -0.4 is 10.1 Å². The van der Waals surface area contributed by atoms with Gasteiger partial charge in [0.25, 0.3) is 0 Å². The molecular formula is C14H15Cl2N3O2. The number of para-hydroxylation sites is 1. The van der Waals surface area contributed by atoms with E-state index in [2.05, 4.69) is 15.5 Å². The number of hydrogen-bond acceptors (Lipinski definition) is 5. The first-order valence-corrected chi connectivity index (χ1v) is 7.14. The molecule has 1 atom stereocenters. The van der Waals surface area contributed by atoms with Crippen LogP contribution >= 0.6 is 23.2 Å². The summed E-state index contributed by atoms with van der Waals surface area (Å²) in [4.78, 5) is 0. The fourth-order valence-electron chi connectivity index (χ4n) is 1.65. The summed E-state index contributed by atoms with van der Waals surface area (Å²) in [5.74, 6) is 0.383. The van der Waals surface area contributed by atoms with E-state index in [1.54, 1.807) is 24.4 Å². The maximum absolute atomic E-state index is 9.86. The lowest BCUT2D eigenvalue weighted by atomic mass is 10.3. The molecule has 0 aliphatic heterocycles. The van der Waals surface area contributed by atoms with Gasteiger partial charge in [0.15, 0.2) is 5.75 Å². The van der Waals surface area contributed by atoms with Gasteiger partial charge in [0.1, 0.15) is 12.7 Å². The molecule has 7 heteroatoms. The quantitative estimate of drug-likeness (QED) is 0.816. The predicted octanol–water partition coefficient (Wildman–Crippen LogP) is 2.31. The van der Waals surface area contributed by atoms with Crippen molar-refractivity contribution >= 4 is 23.2 Å². The van der Waals surface area contributed by atoms with E-state index in [1.165, 1.54) is 0 Å². The van der Waals surface area contributed by atoms with Crippen molar-refractivity contribution in [2.45, 2.75) is 12.6 Å². The Labute approximate surface area is 132 Å². The standard InChI is InChI=1S/C14H15Cl2N3O2/c15-12-4-1-5-13(16)14(12)21-9-11(20)8-17-7-10-3-2-6-18-19-10/h1-6,11,17,20H,7-9H2. The summed E-state index contributed by atoms with van der Waals surface area (Å²) >= 11 is 12.0. The highest BCUT2D eigenvalue weighted by Gasteiger charge is 2.10. The molecule has 0 spiro atoms. The number of halogens is 2. The molecule has 1 unspecified atom stereocenters. The van der Waals surface area contributed by atoms with Gasteiger partial charge in [0.2, 0.25) is 0 Å². The van der Waals surface area contributed by atoms with Gasteiger partial charge in [0.05, 0.1) is 15.7 Å². The molecule has 0 fully saturated rings. The van der Waals surface area contributed by atoms with Crippen LogP contribution in [0.15, 0.2) is 36.5 Å². The number of aromatic nitrogens is 2. The molecule has 0 aliphatic carbocycles. The van der Waals surface area contributed by atoms with Gasteiger partial charge in [-0.2, -0.15) is 10.2 Å².